The molecule has 0 bridgehead atoms. The lowest BCUT2D eigenvalue weighted by atomic mass is 10.1. The minimum absolute atomic E-state index is 0.0639. The Balaban J connectivity index is 1.28. The van der Waals surface area contributed by atoms with E-state index in [0.29, 0.717) is 16.9 Å². The number of ether oxygens (including phenoxy) is 1. The number of rotatable bonds is 7. The standard InChI is InChI=1S/C25H21N3O5/c29-22(16-6-2-1-3-7-16)15-33-25(32)17-10-12-18(13-11-17)26-23(30)14-21-24(31)28-20-9-5-4-8-19(20)27-21/h1-13,21,27H,14-15H2,(H,26,30)(H,28,31). The SMILES string of the molecule is O=C(CC1Nc2ccccc2NC1=O)Nc1ccc(C(=O)OCC(=O)c2ccccc2)cc1. The first-order valence-corrected chi connectivity index (χ1v) is 10.3. The predicted octanol–water partition coefficient (Wildman–Crippen LogP) is 3.49. The van der Waals surface area contributed by atoms with Crippen LogP contribution in [0.15, 0.2) is 78.9 Å². The highest BCUT2D eigenvalue weighted by Crippen LogP contribution is 2.26. The fraction of sp³-hybridized carbons (Fsp3) is 0.120. The van der Waals surface area contributed by atoms with Crippen molar-refractivity contribution < 1.29 is 23.9 Å². The lowest BCUT2D eigenvalue weighted by Crippen LogP contribution is -2.41. The van der Waals surface area contributed by atoms with Crippen LogP contribution in [-0.2, 0) is 14.3 Å². The van der Waals surface area contributed by atoms with Gasteiger partial charge in [-0.25, -0.2) is 4.79 Å². The van der Waals surface area contributed by atoms with E-state index in [0.717, 1.165) is 5.69 Å². The lowest BCUT2D eigenvalue weighted by Gasteiger charge is -2.26. The van der Waals surface area contributed by atoms with Gasteiger partial charge in [-0.1, -0.05) is 42.5 Å². The summed E-state index contributed by atoms with van der Waals surface area (Å²) in [6.07, 6.45) is -0.0639. The van der Waals surface area contributed by atoms with E-state index in [9.17, 15) is 19.2 Å². The zero-order valence-corrected chi connectivity index (χ0v) is 17.5. The minimum atomic E-state index is -0.698. The number of Topliss-reactive ketones (excluding diaryl/α,β-unsaturated/α-hetero) is 1. The molecule has 166 valence electrons. The van der Waals surface area contributed by atoms with Crippen molar-refractivity contribution in [3.05, 3.63) is 90.0 Å². The molecule has 0 radical (unpaired) electrons. The smallest absolute Gasteiger partial charge is 0.338 e. The number of ketones is 1. The number of hydrogen-bond donors (Lipinski definition) is 3. The Kier molecular flexibility index (Phi) is 6.45. The molecule has 0 saturated carbocycles. The topological polar surface area (TPSA) is 114 Å². The van der Waals surface area contributed by atoms with Gasteiger partial charge in [-0.15, -0.1) is 0 Å². The summed E-state index contributed by atoms with van der Waals surface area (Å²) in [5, 5.41) is 8.54. The van der Waals surface area contributed by atoms with Crippen LogP contribution in [0.1, 0.15) is 27.1 Å². The fourth-order valence-corrected chi connectivity index (χ4v) is 3.34. The number of carbonyl (C=O) groups is 4. The number of amides is 2. The molecule has 33 heavy (non-hydrogen) atoms. The molecule has 1 aliphatic heterocycles. The van der Waals surface area contributed by atoms with Gasteiger partial charge in [0.05, 0.1) is 23.4 Å². The first-order valence-electron chi connectivity index (χ1n) is 10.3. The largest absolute Gasteiger partial charge is 0.454 e. The molecule has 0 aromatic heterocycles. The van der Waals surface area contributed by atoms with E-state index in [1.165, 1.54) is 12.1 Å². The van der Waals surface area contributed by atoms with Gasteiger partial charge in [0, 0.05) is 11.3 Å². The molecule has 4 rings (SSSR count). The Bertz CT molecular complexity index is 1190. The number of hydrogen-bond acceptors (Lipinski definition) is 6. The first kappa shape index (κ1) is 21.8. The zero-order chi connectivity index (χ0) is 23.2. The quantitative estimate of drug-likeness (QED) is 0.381. The third-order valence-corrected chi connectivity index (χ3v) is 5.06. The van der Waals surface area contributed by atoms with Crippen LogP contribution in [0.25, 0.3) is 0 Å². The van der Waals surface area contributed by atoms with Crippen LogP contribution in [-0.4, -0.2) is 36.2 Å². The molecule has 1 aliphatic rings. The zero-order valence-electron chi connectivity index (χ0n) is 17.5. The molecule has 8 heteroatoms. The number of anilines is 3. The Morgan fingerprint density at radius 3 is 2.21 bits per heavy atom. The van der Waals surface area contributed by atoms with Gasteiger partial charge in [0.25, 0.3) is 0 Å². The summed E-state index contributed by atoms with van der Waals surface area (Å²) in [5.74, 6) is -1.58. The number of esters is 1. The second-order valence-electron chi connectivity index (χ2n) is 7.43. The summed E-state index contributed by atoms with van der Waals surface area (Å²) in [6.45, 7) is -0.360. The highest BCUT2D eigenvalue weighted by Gasteiger charge is 2.27. The van der Waals surface area contributed by atoms with Crippen LogP contribution < -0.4 is 16.0 Å². The number of para-hydroxylation sites is 2. The normalized spacial score (nSPS) is 14.3. The molecule has 3 aromatic carbocycles. The van der Waals surface area contributed by atoms with Crippen molar-refractivity contribution in [2.75, 3.05) is 22.6 Å². The van der Waals surface area contributed by atoms with E-state index in [2.05, 4.69) is 16.0 Å². The van der Waals surface area contributed by atoms with Crippen molar-refractivity contribution in [1.29, 1.82) is 0 Å². The average molecular weight is 443 g/mol. The summed E-state index contributed by atoms with van der Waals surface area (Å²) in [5.41, 5.74) is 2.61. The van der Waals surface area contributed by atoms with E-state index in [1.54, 1.807) is 48.5 Å². The maximum Gasteiger partial charge on any atom is 0.338 e. The van der Waals surface area contributed by atoms with Crippen LogP contribution >= 0.6 is 0 Å². The van der Waals surface area contributed by atoms with E-state index in [1.807, 2.05) is 18.2 Å². The van der Waals surface area contributed by atoms with Gasteiger partial charge in [-0.3, -0.25) is 14.4 Å². The van der Waals surface area contributed by atoms with Gasteiger partial charge in [0.1, 0.15) is 6.04 Å². The maximum absolute atomic E-state index is 12.4. The van der Waals surface area contributed by atoms with Crippen molar-refractivity contribution in [3.63, 3.8) is 0 Å². The number of carbonyl (C=O) groups excluding carboxylic acids is 4. The van der Waals surface area contributed by atoms with Crippen molar-refractivity contribution >= 4 is 40.6 Å². The van der Waals surface area contributed by atoms with Gasteiger partial charge in [0.15, 0.2) is 12.4 Å². The Morgan fingerprint density at radius 2 is 1.48 bits per heavy atom. The second-order valence-corrected chi connectivity index (χ2v) is 7.43. The highest BCUT2D eigenvalue weighted by atomic mass is 16.5. The van der Waals surface area contributed by atoms with Crippen LogP contribution in [0.5, 0.6) is 0 Å². The molecule has 3 N–H and O–H groups in total. The van der Waals surface area contributed by atoms with E-state index in [-0.39, 0.29) is 36.2 Å². The number of nitrogens with one attached hydrogen (secondary N) is 3. The summed E-state index contributed by atoms with van der Waals surface area (Å²) in [4.78, 5) is 48.9. The molecule has 1 atom stereocenters. The third kappa shape index (κ3) is 5.43. The number of benzene rings is 3. The van der Waals surface area contributed by atoms with E-state index >= 15 is 0 Å². The van der Waals surface area contributed by atoms with Crippen LogP contribution in [0.4, 0.5) is 17.1 Å². The average Bonchev–Trinajstić information content (AvgIpc) is 2.83. The third-order valence-electron chi connectivity index (χ3n) is 5.06. The van der Waals surface area contributed by atoms with E-state index < -0.39 is 12.0 Å². The predicted molar refractivity (Wildman–Crippen MR) is 123 cm³/mol. The van der Waals surface area contributed by atoms with Crippen LogP contribution in [0.2, 0.25) is 0 Å². The molecule has 1 heterocycles. The maximum atomic E-state index is 12.4. The summed E-state index contributed by atoms with van der Waals surface area (Å²) in [6, 6.07) is 21.2. The molecule has 1 unspecified atom stereocenters. The summed E-state index contributed by atoms with van der Waals surface area (Å²) < 4.78 is 5.08. The van der Waals surface area contributed by atoms with Crippen molar-refractivity contribution in [3.8, 4) is 0 Å². The van der Waals surface area contributed by atoms with Crippen molar-refractivity contribution in [2.24, 2.45) is 0 Å². The lowest BCUT2D eigenvalue weighted by molar-refractivity contribution is -0.122. The Labute approximate surface area is 190 Å². The van der Waals surface area contributed by atoms with Gasteiger partial charge in [-0.2, -0.15) is 0 Å². The first-order chi connectivity index (χ1) is 16.0. The van der Waals surface area contributed by atoms with E-state index in [4.69, 9.17) is 4.74 Å². The van der Waals surface area contributed by atoms with Crippen LogP contribution in [0, 0.1) is 0 Å². The molecule has 0 saturated heterocycles. The highest BCUT2D eigenvalue weighted by molar-refractivity contribution is 6.06. The Hall–Kier alpha value is -4.46. The molecule has 2 amide bonds. The molecule has 0 spiro atoms. The summed E-state index contributed by atoms with van der Waals surface area (Å²) in [7, 11) is 0. The molecular formula is C25H21N3O5. The molecule has 0 aliphatic carbocycles. The molecular weight excluding hydrogens is 422 g/mol. The van der Waals surface area contributed by atoms with Gasteiger partial charge in [0.2, 0.25) is 11.8 Å². The molecule has 3 aromatic rings. The monoisotopic (exact) mass is 443 g/mol. The second kappa shape index (κ2) is 9.78. The fourth-order valence-electron chi connectivity index (χ4n) is 3.34. The van der Waals surface area contributed by atoms with Gasteiger partial charge in [-0.05, 0) is 36.4 Å². The molecule has 0 fully saturated rings. The van der Waals surface area contributed by atoms with Crippen molar-refractivity contribution in [1.82, 2.24) is 0 Å². The van der Waals surface area contributed by atoms with Gasteiger partial charge < -0.3 is 20.7 Å². The minimum Gasteiger partial charge on any atom is -0.454 e. The Morgan fingerprint density at radius 1 is 0.818 bits per heavy atom. The number of fused-ring (bicyclic) bond motifs is 1. The summed E-state index contributed by atoms with van der Waals surface area (Å²) >= 11 is 0. The van der Waals surface area contributed by atoms with Gasteiger partial charge >= 0.3 is 5.97 Å². The van der Waals surface area contributed by atoms with Crippen molar-refractivity contribution in [2.45, 2.75) is 12.5 Å². The molecule has 8 nitrogen and oxygen atoms in total. The van der Waals surface area contributed by atoms with Crippen LogP contribution in [0.3, 0.4) is 0 Å².